The molecule has 0 nitrogen and oxygen atoms in total. The van der Waals surface area contributed by atoms with Crippen LogP contribution in [0.3, 0.4) is 0 Å². The second-order valence-electron chi connectivity index (χ2n) is 1.47. The van der Waals surface area contributed by atoms with Crippen LogP contribution in [0.15, 0.2) is 23.3 Å². The van der Waals surface area contributed by atoms with Crippen molar-refractivity contribution >= 4 is 23.2 Å². The number of hydrogen-bond donors (Lipinski definition) is 0. The minimum Gasteiger partial charge on any atom is -0.122 e. The normalized spacial score (nSPS) is 12.9. The van der Waals surface area contributed by atoms with Crippen molar-refractivity contribution in [1.82, 2.24) is 0 Å². The molecule has 0 aliphatic rings. The third-order valence-corrected chi connectivity index (χ3v) is 1.67. The summed E-state index contributed by atoms with van der Waals surface area (Å²) in [6.45, 7) is 5.35. The Kier molecular flexibility index (Phi) is 4.02. The van der Waals surface area contributed by atoms with E-state index in [4.69, 9.17) is 23.2 Å². The summed E-state index contributed by atoms with van der Waals surface area (Å²) in [6, 6.07) is 0. The fourth-order valence-electron chi connectivity index (χ4n) is 0.238. The zero-order chi connectivity index (χ0) is 6.57. The molecule has 0 saturated carbocycles. The second kappa shape index (κ2) is 3.99. The molecule has 0 unspecified atom stereocenters. The molecule has 0 radical (unpaired) electrons. The third-order valence-electron chi connectivity index (χ3n) is 0.787. The minimum atomic E-state index is 0.477. The maximum atomic E-state index is 5.59. The monoisotopic (exact) mass is 150 g/mol. The van der Waals surface area contributed by atoms with Gasteiger partial charge in [-0.25, -0.2) is 0 Å². The van der Waals surface area contributed by atoms with Crippen molar-refractivity contribution in [2.24, 2.45) is 0 Å². The summed E-state index contributed by atoms with van der Waals surface area (Å²) in [5.41, 5.74) is 0.961. The molecule has 0 bridgehead atoms. The molecule has 0 heterocycles. The van der Waals surface area contributed by atoms with Crippen LogP contribution in [0.4, 0.5) is 0 Å². The average Bonchev–Trinajstić information content (AvgIpc) is 1.84. The molecule has 0 rings (SSSR count). The standard InChI is InChI=1S/C6H8Cl2/c1-3-6(8)5(2)4-7/h3H,1,4H2,2H3/b6-5+. The Bertz CT molecular complexity index is 114. The maximum absolute atomic E-state index is 5.59. The van der Waals surface area contributed by atoms with Gasteiger partial charge in [0.15, 0.2) is 0 Å². The van der Waals surface area contributed by atoms with Gasteiger partial charge in [0.25, 0.3) is 0 Å². The van der Waals surface area contributed by atoms with Crippen molar-refractivity contribution in [3.8, 4) is 0 Å². The minimum absolute atomic E-state index is 0.477. The van der Waals surface area contributed by atoms with Gasteiger partial charge in [-0.1, -0.05) is 24.3 Å². The molecule has 0 aromatic carbocycles. The van der Waals surface area contributed by atoms with Gasteiger partial charge in [0.05, 0.1) is 0 Å². The molecule has 0 aromatic rings. The van der Waals surface area contributed by atoms with Crippen LogP contribution in [-0.2, 0) is 0 Å². The highest BCUT2D eigenvalue weighted by Crippen LogP contribution is 2.10. The molecule has 0 N–H and O–H groups in total. The number of allylic oxidation sites excluding steroid dienone is 3. The van der Waals surface area contributed by atoms with E-state index in [0.29, 0.717) is 10.9 Å². The quantitative estimate of drug-likeness (QED) is 0.420. The zero-order valence-electron chi connectivity index (χ0n) is 4.75. The molecule has 8 heavy (non-hydrogen) atoms. The summed E-state index contributed by atoms with van der Waals surface area (Å²) in [7, 11) is 0. The number of rotatable bonds is 2. The number of alkyl halides is 1. The smallest absolute Gasteiger partial charge is 0.0448 e. The Hall–Kier alpha value is 0.0600. The summed E-state index contributed by atoms with van der Waals surface area (Å²) >= 11 is 11.0. The number of halogens is 2. The van der Waals surface area contributed by atoms with Crippen molar-refractivity contribution < 1.29 is 0 Å². The third kappa shape index (κ3) is 2.39. The van der Waals surface area contributed by atoms with Gasteiger partial charge >= 0.3 is 0 Å². The van der Waals surface area contributed by atoms with E-state index in [9.17, 15) is 0 Å². The van der Waals surface area contributed by atoms with Gasteiger partial charge < -0.3 is 0 Å². The molecule has 0 amide bonds. The van der Waals surface area contributed by atoms with Crippen LogP contribution >= 0.6 is 23.2 Å². The molecule has 0 spiro atoms. The van der Waals surface area contributed by atoms with Gasteiger partial charge in [-0.2, -0.15) is 0 Å². The molecule has 0 fully saturated rings. The molecular formula is C6H8Cl2. The van der Waals surface area contributed by atoms with E-state index in [0.717, 1.165) is 5.57 Å². The van der Waals surface area contributed by atoms with Gasteiger partial charge in [0.2, 0.25) is 0 Å². The molecular weight excluding hydrogens is 143 g/mol. The topological polar surface area (TPSA) is 0 Å². The largest absolute Gasteiger partial charge is 0.122 e. The molecule has 0 saturated heterocycles. The van der Waals surface area contributed by atoms with E-state index in [1.54, 1.807) is 6.08 Å². The SMILES string of the molecule is C=C/C(Cl)=C(/C)CCl. The molecule has 0 atom stereocenters. The molecule has 0 aromatic heterocycles. The second-order valence-corrected chi connectivity index (χ2v) is 2.14. The average molecular weight is 151 g/mol. The first-order valence-electron chi connectivity index (χ1n) is 2.26. The first kappa shape index (κ1) is 8.06. The molecule has 0 aliphatic heterocycles. The lowest BCUT2D eigenvalue weighted by molar-refractivity contribution is 1.38. The Balaban J connectivity index is 4.03. The maximum Gasteiger partial charge on any atom is 0.0448 e. The van der Waals surface area contributed by atoms with Crippen LogP contribution in [0.1, 0.15) is 6.92 Å². The Labute approximate surface area is 59.8 Å². The van der Waals surface area contributed by atoms with Gasteiger partial charge in [-0.15, -0.1) is 11.6 Å². The van der Waals surface area contributed by atoms with Crippen LogP contribution in [0.5, 0.6) is 0 Å². The van der Waals surface area contributed by atoms with E-state index >= 15 is 0 Å². The van der Waals surface area contributed by atoms with E-state index in [1.165, 1.54) is 0 Å². The Morgan fingerprint density at radius 2 is 2.25 bits per heavy atom. The van der Waals surface area contributed by atoms with Gasteiger partial charge in [0, 0.05) is 10.9 Å². The van der Waals surface area contributed by atoms with Crippen LogP contribution in [-0.4, -0.2) is 5.88 Å². The van der Waals surface area contributed by atoms with E-state index in [-0.39, 0.29) is 0 Å². The van der Waals surface area contributed by atoms with E-state index in [2.05, 4.69) is 6.58 Å². The lowest BCUT2D eigenvalue weighted by Gasteiger charge is -1.92. The highest BCUT2D eigenvalue weighted by molar-refractivity contribution is 6.32. The predicted molar refractivity (Wildman–Crippen MR) is 39.5 cm³/mol. The molecule has 46 valence electrons. The summed E-state index contributed by atoms with van der Waals surface area (Å²) in [5, 5.41) is 0.653. The van der Waals surface area contributed by atoms with Gasteiger partial charge in [-0.3, -0.25) is 0 Å². The van der Waals surface area contributed by atoms with Crippen molar-refractivity contribution in [1.29, 1.82) is 0 Å². The first-order chi connectivity index (χ1) is 3.72. The predicted octanol–water partition coefficient (Wildman–Crippen LogP) is 2.92. The Morgan fingerprint density at radius 1 is 1.75 bits per heavy atom. The van der Waals surface area contributed by atoms with Crippen molar-refractivity contribution in [3.63, 3.8) is 0 Å². The summed E-state index contributed by atoms with van der Waals surface area (Å²) in [5.74, 6) is 0.477. The summed E-state index contributed by atoms with van der Waals surface area (Å²) in [6.07, 6.45) is 1.58. The first-order valence-corrected chi connectivity index (χ1v) is 3.17. The van der Waals surface area contributed by atoms with Crippen molar-refractivity contribution in [2.75, 3.05) is 5.88 Å². The fourth-order valence-corrected chi connectivity index (χ4v) is 0.517. The zero-order valence-corrected chi connectivity index (χ0v) is 6.26. The highest BCUT2D eigenvalue weighted by atomic mass is 35.5. The lowest BCUT2D eigenvalue weighted by atomic mass is 10.3. The van der Waals surface area contributed by atoms with Crippen LogP contribution in [0.2, 0.25) is 0 Å². The molecule has 0 aliphatic carbocycles. The summed E-state index contributed by atoms with van der Waals surface area (Å²) < 4.78 is 0. The van der Waals surface area contributed by atoms with Gasteiger partial charge in [0.1, 0.15) is 0 Å². The fraction of sp³-hybridized carbons (Fsp3) is 0.333. The molecule has 2 heteroatoms. The van der Waals surface area contributed by atoms with Crippen molar-refractivity contribution in [3.05, 3.63) is 23.3 Å². The van der Waals surface area contributed by atoms with Crippen molar-refractivity contribution in [2.45, 2.75) is 6.92 Å². The Morgan fingerprint density at radius 3 is 2.38 bits per heavy atom. The van der Waals surface area contributed by atoms with Crippen LogP contribution in [0, 0.1) is 0 Å². The number of hydrogen-bond acceptors (Lipinski definition) is 0. The highest BCUT2D eigenvalue weighted by Gasteiger charge is 1.89. The summed E-state index contributed by atoms with van der Waals surface area (Å²) in [4.78, 5) is 0. The van der Waals surface area contributed by atoms with Crippen LogP contribution in [0.25, 0.3) is 0 Å². The van der Waals surface area contributed by atoms with Crippen LogP contribution < -0.4 is 0 Å². The van der Waals surface area contributed by atoms with Gasteiger partial charge in [-0.05, 0) is 12.5 Å². The van der Waals surface area contributed by atoms with E-state index in [1.807, 2.05) is 6.92 Å². The lowest BCUT2D eigenvalue weighted by Crippen LogP contribution is -1.77. The van der Waals surface area contributed by atoms with E-state index < -0.39 is 0 Å².